The number of aromatic nitrogens is 1. The zero-order valence-corrected chi connectivity index (χ0v) is 15.5. The highest BCUT2D eigenvalue weighted by Gasteiger charge is 2.65. The molecule has 0 aliphatic rings. The fourth-order valence-corrected chi connectivity index (χ4v) is 3.49. The minimum atomic E-state index is -5.31. The van der Waals surface area contributed by atoms with Crippen molar-refractivity contribution in [3.63, 3.8) is 0 Å². The van der Waals surface area contributed by atoms with Crippen LogP contribution >= 0.6 is 7.60 Å². The number of rotatable bonds is 8. The molecule has 1 aromatic rings. The van der Waals surface area contributed by atoms with Crippen LogP contribution in [0.25, 0.3) is 0 Å². The maximum Gasteiger partial charge on any atom is 0.426 e. The number of hydrogen-bond donors (Lipinski definition) is 1. The lowest BCUT2D eigenvalue weighted by Crippen LogP contribution is -2.61. The van der Waals surface area contributed by atoms with Crippen molar-refractivity contribution >= 4 is 19.2 Å². The van der Waals surface area contributed by atoms with Gasteiger partial charge >= 0.3 is 25.4 Å². The molecule has 0 bridgehead atoms. The second kappa shape index (κ2) is 8.24. The fourth-order valence-electron chi connectivity index (χ4n) is 2.19. The molecule has 12 heteroatoms. The van der Waals surface area contributed by atoms with Crippen molar-refractivity contribution in [3.8, 4) is 0 Å². The van der Waals surface area contributed by atoms with Gasteiger partial charge in [0.15, 0.2) is 0 Å². The average molecular weight is 400 g/mol. The van der Waals surface area contributed by atoms with Crippen molar-refractivity contribution in [1.29, 1.82) is 0 Å². The first-order valence-electron chi connectivity index (χ1n) is 7.47. The molecule has 1 atom stereocenters. The summed E-state index contributed by atoms with van der Waals surface area (Å²) in [6.07, 6.45) is -3.08. The van der Waals surface area contributed by atoms with Crippen LogP contribution in [0.1, 0.15) is 19.4 Å². The summed E-state index contributed by atoms with van der Waals surface area (Å²) >= 11 is 0. The summed E-state index contributed by atoms with van der Waals surface area (Å²) in [7, 11) is -2.44. The molecule has 1 N–H and O–H groups in total. The summed E-state index contributed by atoms with van der Waals surface area (Å²) < 4.78 is 69.3. The van der Waals surface area contributed by atoms with Crippen LogP contribution in [0.5, 0.6) is 0 Å². The quantitative estimate of drug-likeness (QED) is 0.533. The molecule has 0 spiro atoms. The Labute approximate surface area is 148 Å². The molecule has 26 heavy (non-hydrogen) atoms. The number of aryl methyl sites for hydroxylation is 1. The van der Waals surface area contributed by atoms with Crippen LogP contribution in [0.3, 0.4) is 0 Å². The van der Waals surface area contributed by atoms with E-state index in [0.717, 1.165) is 19.4 Å². The minimum absolute atomic E-state index is 0.257. The van der Waals surface area contributed by atoms with Crippen LogP contribution in [0.15, 0.2) is 18.5 Å². The van der Waals surface area contributed by atoms with Gasteiger partial charge in [-0.1, -0.05) is 0 Å². The number of carbonyl (C=O) groups is 2. The number of methoxy groups -OCH3 is 1. The largest absolute Gasteiger partial charge is 0.467 e. The molecule has 0 aliphatic heterocycles. The predicted molar refractivity (Wildman–Crippen MR) is 84.6 cm³/mol. The van der Waals surface area contributed by atoms with Crippen molar-refractivity contribution in [3.05, 3.63) is 24.0 Å². The maximum absolute atomic E-state index is 13.9. The van der Waals surface area contributed by atoms with Crippen molar-refractivity contribution < 1.29 is 41.1 Å². The smallest absolute Gasteiger partial charge is 0.426 e. The first-order chi connectivity index (χ1) is 12.0. The van der Waals surface area contributed by atoms with Gasteiger partial charge in [-0.3, -0.25) is 4.79 Å². The van der Waals surface area contributed by atoms with Gasteiger partial charge in [-0.05, 0) is 19.9 Å². The van der Waals surface area contributed by atoms with Gasteiger partial charge in [0.1, 0.15) is 0 Å². The molecule has 1 unspecified atom stereocenters. The fraction of sp³-hybridized carbons (Fsp3) is 0.571. The zero-order chi connectivity index (χ0) is 20.2. The number of esters is 1. The van der Waals surface area contributed by atoms with Crippen LogP contribution in [0.4, 0.5) is 18.0 Å². The molecule has 0 aromatic carbocycles. The van der Waals surface area contributed by atoms with E-state index in [-0.39, 0.29) is 13.2 Å². The van der Waals surface area contributed by atoms with Crippen LogP contribution in [0, 0.1) is 0 Å². The van der Waals surface area contributed by atoms with Gasteiger partial charge in [0.2, 0.25) is 0 Å². The van der Waals surface area contributed by atoms with E-state index in [1.54, 1.807) is 0 Å². The van der Waals surface area contributed by atoms with Gasteiger partial charge in [0.25, 0.3) is 5.54 Å². The van der Waals surface area contributed by atoms with Gasteiger partial charge in [0.05, 0.1) is 20.3 Å². The molecule has 0 radical (unpaired) electrons. The first-order valence-corrected chi connectivity index (χ1v) is 9.02. The van der Waals surface area contributed by atoms with Gasteiger partial charge in [0, 0.05) is 25.0 Å². The Morgan fingerprint density at radius 3 is 2.12 bits per heavy atom. The van der Waals surface area contributed by atoms with E-state index in [9.17, 15) is 27.3 Å². The summed E-state index contributed by atoms with van der Waals surface area (Å²) in [5.74, 6) is -1.80. The van der Waals surface area contributed by atoms with Crippen LogP contribution in [0.2, 0.25) is 0 Å². The average Bonchev–Trinajstić information content (AvgIpc) is 2.97. The molecule has 1 amide bonds. The van der Waals surface area contributed by atoms with E-state index in [2.05, 4.69) is 4.74 Å². The second-order valence-corrected chi connectivity index (χ2v) is 6.99. The third kappa shape index (κ3) is 4.11. The van der Waals surface area contributed by atoms with Gasteiger partial charge in [-0.2, -0.15) is 13.2 Å². The van der Waals surface area contributed by atoms with Crippen LogP contribution < -0.4 is 5.32 Å². The van der Waals surface area contributed by atoms with E-state index in [4.69, 9.17) is 9.05 Å². The normalized spacial score (nSPS) is 14.6. The second-order valence-electron chi connectivity index (χ2n) is 5.07. The molecular formula is C14H20F3N2O6P. The Morgan fingerprint density at radius 2 is 1.77 bits per heavy atom. The van der Waals surface area contributed by atoms with Crippen LogP contribution in [-0.4, -0.2) is 42.7 Å². The lowest BCUT2D eigenvalue weighted by Gasteiger charge is -2.34. The Kier molecular flexibility index (Phi) is 7.03. The van der Waals surface area contributed by atoms with Crippen molar-refractivity contribution in [2.24, 2.45) is 7.05 Å². The third-order valence-corrected chi connectivity index (χ3v) is 5.13. The number of carbonyl (C=O) groups excluding carboxylic acids is 2. The van der Waals surface area contributed by atoms with Gasteiger partial charge in [-0.15, -0.1) is 0 Å². The zero-order valence-electron chi connectivity index (χ0n) is 14.6. The SMILES string of the molecule is CCOP(=O)(OCC)C(=O)NC(C(=O)OC)(c1ccn(C)c1)C(F)(F)F. The number of alkyl halides is 3. The number of nitrogens with zero attached hydrogens (tertiary/aromatic N) is 1. The molecule has 148 valence electrons. The highest BCUT2D eigenvalue weighted by atomic mass is 31.2. The van der Waals surface area contributed by atoms with E-state index in [1.165, 1.54) is 37.0 Å². The standard InChI is InChI=1S/C14H20F3N2O6P/c1-5-24-26(22,25-6-2)12(21)18-13(11(20)23-4,14(15,16)17)10-7-8-19(3)9-10/h7-9H,5-6H2,1-4H3,(H,18,21). The molecule has 0 fully saturated rings. The molecular weight excluding hydrogens is 380 g/mol. The van der Waals surface area contributed by atoms with E-state index in [0.29, 0.717) is 0 Å². The molecule has 1 aromatic heterocycles. The van der Waals surface area contributed by atoms with E-state index < -0.39 is 36.5 Å². The number of amides is 1. The third-order valence-electron chi connectivity index (χ3n) is 3.32. The summed E-state index contributed by atoms with van der Waals surface area (Å²) in [4.78, 5) is 24.5. The number of ether oxygens (including phenoxy) is 1. The first kappa shape index (κ1) is 22.2. The Morgan fingerprint density at radius 1 is 1.23 bits per heavy atom. The monoisotopic (exact) mass is 400 g/mol. The predicted octanol–water partition coefficient (Wildman–Crippen LogP) is 2.93. The number of nitrogens with one attached hydrogen (secondary N) is 1. The summed E-state index contributed by atoms with van der Waals surface area (Å²) in [5.41, 5.74) is -5.90. The van der Waals surface area contributed by atoms with Gasteiger partial charge < -0.3 is 23.7 Å². The summed E-state index contributed by atoms with van der Waals surface area (Å²) in [6, 6.07) is 0.983. The van der Waals surface area contributed by atoms with Crippen molar-refractivity contribution in [2.75, 3.05) is 20.3 Å². The summed E-state index contributed by atoms with van der Waals surface area (Å²) in [6.45, 7) is 2.25. The highest BCUT2D eigenvalue weighted by molar-refractivity contribution is 7.71. The lowest BCUT2D eigenvalue weighted by molar-refractivity contribution is -0.212. The Hall–Kier alpha value is -1.84. The Balaban J connectivity index is 3.53. The lowest BCUT2D eigenvalue weighted by atomic mass is 9.91. The van der Waals surface area contributed by atoms with E-state index in [1.807, 2.05) is 0 Å². The van der Waals surface area contributed by atoms with Crippen LogP contribution in [-0.2, 0) is 35.7 Å². The van der Waals surface area contributed by atoms with E-state index >= 15 is 0 Å². The molecule has 0 saturated heterocycles. The van der Waals surface area contributed by atoms with Crippen molar-refractivity contribution in [1.82, 2.24) is 9.88 Å². The molecule has 8 nitrogen and oxygen atoms in total. The molecule has 0 saturated carbocycles. The topological polar surface area (TPSA) is 95.9 Å². The summed E-state index contributed by atoms with van der Waals surface area (Å²) in [5, 5.41) is 1.50. The minimum Gasteiger partial charge on any atom is -0.467 e. The number of hydrogen-bond acceptors (Lipinski definition) is 6. The van der Waals surface area contributed by atoms with Crippen molar-refractivity contribution in [2.45, 2.75) is 25.6 Å². The Bertz CT molecular complexity index is 695. The van der Waals surface area contributed by atoms with Gasteiger partial charge in [-0.25, -0.2) is 9.36 Å². The number of halogens is 3. The molecule has 1 rings (SSSR count). The maximum atomic E-state index is 13.9. The molecule has 0 aliphatic carbocycles. The molecule has 1 heterocycles. The highest BCUT2D eigenvalue weighted by Crippen LogP contribution is 2.51.